The first kappa shape index (κ1) is 8.53. The summed E-state index contributed by atoms with van der Waals surface area (Å²) in [5.74, 6) is -0.153. The molecule has 0 aromatic heterocycles. The van der Waals surface area contributed by atoms with E-state index in [-0.39, 0.29) is 18.0 Å². The average Bonchev–Trinajstić information content (AvgIpc) is 2.50. The Morgan fingerprint density at radius 2 is 2.09 bits per heavy atom. The lowest BCUT2D eigenvalue weighted by Crippen LogP contribution is -2.25. The van der Waals surface area contributed by atoms with E-state index in [1.165, 1.54) is 7.11 Å². The summed E-state index contributed by atoms with van der Waals surface area (Å²) in [7, 11) is 3.07. The van der Waals surface area contributed by atoms with Gasteiger partial charge in [-0.25, -0.2) is 0 Å². The van der Waals surface area contributed by atoms with Crippen molar-refractivity contribution in [1.82, 2.24) is 0 Å². The molecule has 1 saturated carbocycles. The molecule has 3 heteroatoms. The largest absolute Gasteiger partial charge is 0.469 e. The summed E-state index contributed by atoms with van der Waals surface area (Å²) in [6.45, 7) is 0. The van der Waals surface area contributed by atoms with Crippen LogP contribution in [-0.2, 0) is 14.3 Å². The Morgan fingerprint density at radius 3 is 2.64 bits per heavy atom. The molecule has 1 unspecified atom stereocenters. The Morgan fingerprint density at radius 1 is 1.36 bits per heavy atom. The molecular weight excluding hydrogens is 144 g/mol. The first-order valence-corrected chi connectivity index (χ1v) is 3.90. The molecule has 1 aliphatic carbocycles. The van der Waals surface area contributed by atoms with Crippen LogP contribution in [0.1, 0.15) is 19.3 Å². The smallest absolute Gasteiger partial charge is 0.311 e. The molecule has 0 N–H and O–H groups in total. The summed E-state index contributed by atoms with van der Waals surface area (Å²) < 4.78 is 9.79. The van der Waals surface area contributed by atoms with Crippen LogP contribution in [0.3, 0.4) is 0 Å². The number of hydrogen-bond donors (Lipinski definition) is 0. The molecule has 1 fully saturated rings. The average molecular weight is 158 g/mol. The van der Waals surface area contributed by atoms with Gasteiger partial charge in [-0.1, -0.05) is 0 Å². The third-order valence-electron chi connectivity index (χ3n) is 2.26. The van der Waals surface area contributed by atoms with Crippen LogP contribution in [0, 0.1) is 5.92 Å². The normalized spacial score (nSPS) is 30.4. The van der Waals surface area contributed by atoms with Gasteiger partial charge in [0, 0.05) is 7.11 Å². The molecule has 1 rings (SSSR count). The van der Waals surface area contributed by atoms with Crippen molar-refractivity contribution in [2.75, 3.05) is 14.2 Å². The van der Waals surface area contributed by atoms with Gasteiger partial charge < -0.3 is 9.47 Å². The second-order valence-electron chi connectivity index (χ2n) is 2.83. The van der Waals surface area contributed by atoms with Gasteiger partial charge in [-0.3, -0.25) is 4.79 Å². The Labute approximate surface area is 66.7 Å². The van der Waals surface area contributed by atoms with E-state index in [1.807, 2.05) is 0 Å². The van der Waals surface area contributed by atoms with E-state index in [0.717, 1.165) is 19.3 Å². The van der Waals surface area contributed by atoms with E-state index in [1.54, 1.807) is 7.11 Å². The number of methoxy groups -OCH3 is 2. The van der Waals surface area contributed by atoms with Crippen molar-refractivity contribution in [2.24, 2.45) is 5.92 Å². The van der Waals surface area contributed by atoms with Gasteiger partial charge >= 0.3 is 5.97 Å². The number of carbonyl (C=O) groups excluding carboxylic acids is 1. The van der Waals surface area contributed by atoms with Crippen LogP contribution >= 0.6 is 0 Å². The van der Waals surface area contributed by atoms with Gasteiger partial charge in [0.15, 0.2) is 0 Å². The molecule has 64 valence electrons. The number of carbonyl (C=O) groups is 1. The molecule has 0 aromatic carbocycles. The zero-order chi connectivity index (χ0) is 8.27. The second kappa shape index (κ2) is 3.72. The lowest BCUT2D eigenvalue weighted by molar-refractivity contribution is -0.149. The highest BCUT2D eigenvalue weighted by Gasteiger charge is 2.33. The molecule has 1 aliphatic rings. The van der Waals surface area contributed by atoms with Gasteiger partial charge in [-0.2, -0.15) is 0 Å². The fourth-order valence-corrected chi connectivity index (χ4v) is 1.63. The highest BCUT2D eigenvalue weighted by molar-refractivity contribution is 5.73. The lowest BCUT2D eigenvalue weighted by Gasteiger charge is -2.14. The lowest BCUT2D eigenvalue weighted by atomic mass is 10.1. The SMILES string of the molecule is COC(=O)[C@H]1CCCC1OC. The van der Waals surface area contributed by atoms with Crippen molar-refractivity contribution in [1.29, 1.82) is 0 Å². The van der Waals surface area contributed by atoms with Crippen molar-refractivity contribution >= 4 is 5.97 Å². The van der Waals surface area contributed by atoms with Crippen molar-refractivity contribution in [2.45, 2.75) is 25.4 Å². The summed E-state index contributed by atoms with van der Waals surface area (Å²) in [6, 6.07) is 0. The second-order valence-corrected chi connectivity index (χ2v) is 2.83. The van der Waals surface area contributed by atoms with Crippen molar-refractivity contribution in [3.63, 3.8) is 0 Å². The van der Waals surface area contributed by atoms with Gasteiger partial charge in [-0.15, -0.1) is 0 Å². The molecule has 0 radical (unpaired) electrons. The highest BCUT2D eigenvalue weighted by atomic mass is 16.5. The fourth-order valence-electron chi connectivity index (χ4n) is 1.63. The van der Waals surface area contributed by atoms with Gasteiger partial charge in [0.05, 0.1) is 19.1 Å². The Balaban J connectivity index is 2.49. The quantitative estimate of drug-likeness (QED) is 0.562. The number of ether oxygens (including phenoxy) is 2. The third kappa shape index (κ3) is 1.71. The zero-order valence-corrected chi connectivity index (χ0v) is 7.00. The van der Waals surface area contributed by atoms with Crippen LogP contribution < -0.4 is 0 Å². The van der Waals surface area contributed by atoms with E-state index in [0.29, 0.717) is 0 Å². The van der Waals surface area contributed by atoms with Crippen LogP contribution in [0.4, 0.5) is 0 Å². The van der Waals surface area contributed by atoms with E-state index >= 15 is 0 Å². The van der Waals surface area contributed by atoms with Gasteiger partial charge in [0.2, 0.25) is 0 Å². The summed E-state index contributed by atoms with van der Waals surface area (Å²) in [6.07, 6.45) is 3.04. The molecule has 11 heavy (non-hydrogen) atoms. The number of hydrogen-bond acceptors (Lipinski definition) is 3. The van der Waals surface area contributed by atoms with Crippen LogP contribution in [0.2, 0.25) is 0 Å². The van der Waals surface area contributed by atoms with Gasteiger partial charge in [0.1, 0.15) is 0 Å². The predicted molar refractivity (Wildman–Crippen MR) is 40.2 cm³/mol. The minimum Gasteiger partial charge on any atom is -0.469 e. The van der Waals surface area contributed by atoms with Crippen molar-refractivity contribution < 1.29 is 14.3 Å². The number of rotatable bonds is 2. The van der Waals surface area contributed by atoms with E-state index in [4.69, 9.17) is 4.74 Å². The summed E-state index contributed by atoms with van der Waals surface area (Å²) in [4.78, 5) is 11.1. The maximum Gasteiger partial charge on any atom is 0.311 e. The van der Waals surface area contributed by atoms with Crippen LogP contribution in [-0.4, -0.2) is 26.3 Å². The van der Waals surface area contributed by atoms with Crippen LogP contribution in [0.15, 0.2) is 0 Å². The Hall–Kier alpha value is -0.570. The zero-order valence-electron chi connectivity index (χ0n) is 7.00. The minimum absolute atomic E-state index is 0.0231. The first-order valence-electron chi connectivity index (χ1n) is 3.90. The summed E-state index contributed by atoms with van der Waals surface area (Å²) >= 11 is 0. The van der Waals surface area contributed by atoms with Crippen LogP contribution in [0.5, 0.6) is 0 Å². The minimum atomic E-state index is -0.130. The maximum atomic E-state index is 11.1. The highest BCUT2D eigenvalue weighted by Crippen LogP contribution is 2.28. The summed E-state index contributed by atoms with van der Waals surface area (Å²) in [5.41, 5.74) is 0. The monoisotopic (exact) mass is 158 g/mol. The molecule has 0 aromatic rings. The molecule has 0 aliphatic heterocycles. The standard InChI is InChI=1S/C8H14O3/c1-10-7-5-3-4-6(7)8(9)11-2/h6-7H,3-5H2,1-2H3/t6-,7?/m0/s1. The Kier molecular flexibility index (Phi) is 2.88. The molecular formula is C8H14O3. The maximum absolute atomic E-state index is 11.1. The topological polar surface area (TPSA) is 35.5 Å². The molecule has 2 atom stereocenters. The molecule has 0 amide bonds. The van der Waals surface area contributed by atoms with E-state index in [2.05, 4.69) is 4.74 Å². The number of esters is 1. The van der Waals surface area contributed by atoms with E-state index < -0.39 is 0 Å². The third-order valence-corrected chi connectivity index (χ3v) is 2.26. The molecule has 0 bridgehead atoms. The van der Waals surface area contributed by atoms with Crippen LogP contribution in [0.25, 0.3) is 0 Å². The van der Waals surface area contributed by atoms with Gasteiger partial charge in [-0.05, 0) is 19.3 Å². The first-order chi connectivity index (χ1) is 5.29. The van der Waals surface area contributed by atoms with Gasteiger partial charge in [0.25, 0.3) is 0 Å². The molecule has 0 saturated heterocycles. The molecule has 3 nitrogen and oxygen atoms in total. The molecule has 0 spiro atoms. The predicted octanol–water partition coefficient (Wildman–Crippen LogP) is 0.974. The molecule has 0 heterocycles. The Bertz CT molecular complexity index is 144. The summed E-state index contributed by atoms with van der Waals surface area (Å²) in [5, 5.41) is 0. The van der Waals surface area contributed by atoms with E-state index in [9.17, 15) is 4.79 Å². The van der Waals surface area contributed by atoms with Crippen molar-refractivity contribution in [3.05, 3.63) is 0 Å². The fraction of sp³-hybridized carbons (Fsp3) is 0.875. The van der Waals surface area contributed by atoms with Crippen molar-refractivity contribution in [3.8, 4) is 0 Å².